The molecule has 1 fully saturated rings. The van der Waals surface area contributed by atoms with E-state index < -0.39 is 11.8 Å². The van der Waals surface area contributed by atoms with Gasteiger partial charge in [-0.25, -0.2) is 0 Å². The molecular formula is C45H61N7O9S. The van der Waals surface area contributed by atoms with Crippen LogP contribution in [-0.2, 0) is 44.8 Å². The zero-order chi connectivity index (χ0) is 44.3. The Hall–Kier alpha value is -5.39. The number of imide groups is 1. The second kappa shape index (κ2) is 24.9. The van der Waals surface area contributed by atoms with Crippen LogP contribution in [0.15, 0.2) is 53.9 Å². The molecule has 0 saturated heterocycles. The SMILES string of the molecule is CCN(C(=O)Cn1c(C(=O)NC2CCC(C(=O)NCCCCCCNC(=O)CCOCCOCCNC(=O)CCN3C(=O)C=CC3=O)CC2)cc2sccc21)c1cccc(C)c1. The third-order valence-electron chi connectivity index (χ3n) is 11.0. The molecule has 16 nitrogen and oxygen atoms in total. The van der Waals surface area contributed by atoms with Gasteiger partial charge in [0.2, 0.25) is 23.6 Å². The molecular weight excluding hydrogens is 815 g/mol. The van der Waals surface area contributed by atoms with E-state index >= 15 is 0 Å². The minimum Gasteiger partial charge on any atom is -0.379 e. The number of likely N-dealkylation sites (N-methyl/N-ethyl adjacent to an activating group) is 1. The summed E-state index contributed by atoms with van der Waals surface area (Å²) in [5, 5.41) is 13.8. The Bertz CT molecular complexity index is 2020. The minimum absolute atomic E-state index is 0.0256. The van der Waals surface area contributed by atoms with E-state index in [9.17, 15) is 33.6 Å². The van der Waals surface area contributed by atoms with E-state index in [0.29, 0.717) is 70.8 Å². The first-order valence-electron chi connectivity index (χ1n) is 21.8. The smallest absolute Gasteiger partial charge is 0.268 e. The lowest BCUT2D eigenvalue weighted by atomic mass is 9.85. The summed E-state index contributed by atoms with van der Waals surface area (Å²) in [7, 11) is 0. The number of aryl methyl sites for hydroxylation is 1. The van der Waals surface area contributed by atoms with Crippen molar-refractivity contribution >= 4 is 68.6 Å². The van der Waals surface area contributed by atoms with Gasteiger partial charge in [-0.3, -0.25) is 38.5 Å². The third-order valence-corrected chi connectivity index (χ3v) is 11.9. The molecule has 0 radical (unpaired) electrons. The van der Waals surface area contributed by atoms with Crippen LogP contribution < -0.4 is 26.2 Å². The summed E-state index contributed by atoms with van der Waals surface area (Å²) in [5.41, 5.74) is 3.24. The van der Waals surface area contributed by atoms with Crippen LogP contribution in [0.3, 0.4) is 0 Å². The normalized spacial score (nSPS) is 16.1. The average molecular weight is 876 g/mol. The minimum atomic E-state index is -0.414. The lowest BCUT2D eigenvalue weighted by Crippen LogP contribution is -2.42. The van der Waals surface area contributed by atoms with Gasteiger partial charge in [0.15, 0.2) is 0 Å². The highest BCUT2D eigenvalue weighted by atomic mass is 32.1. The summed E-state index contributed by atoms with van der Waals surface area (Å²) < 4.78 is 13.6. The Morgan fingerprint density at radius 3 is 2.18 bits per heavy atom. The van der Waals surface area contributed by atoms with Crippen molar-refractivity contribution in [1.29, 1.82) is 0 Å². The fourth-order valence-electron chi connectivity index (χ4n) is 7.59. The zero-order valence-electron chi connectivity index (χ0n) is 35.9. The van der Waals surface area contributed by atoms with Crippen LogP contribution in [0.5, 0.6) is 0 Å². The highest BCUT2D eigenvalue weighted by Crippen LogP contribution is 2.28. The summed E-state index contributed by atoms with van der Waals surface area (Å²) in [4.78, 5) is 89.9. The molecule has 1 aliphatic carbocycles. The molecule has 1 aliphatic heterocycles. The summed E-state index contributed by atoms with van der Waals surface area (Å²) in [6.07, 6.45) is 9.02. The molecule has 1 saturated carbocycles. The number of nitrogens with zero attached hydrogens (tertiary/aromatic N) is 3. The van der Waals surface area contributed by atoms with Crippen molar-refractivity contribution in [2.45, 2.75) is 90.6 Å². The van der Waals surface area contributed by atoms with Crippen molar-refractivity contribution in [3.8, 4) is 0 Å². The monoisotopic (exact) mass is 875 g/mol. The quantitative estimate of drug-likeness (QED) is 0.0681. The van der Waals surface area contributed by atoms with Gasteiger partial charge in [-0.2, -0.15) is 0 Å². The Morgan fingerprint density at radius 2 is 1.47 bits per heavy atom. The molecule has 2 aliphatic rings. The maximum Gasteiger partial charge on any atom is 0.268 e. The predicted octanol–water partition coefficient (Wildman–Crippen LogP) is 4.00. The molecule has 336 valence electrons. The summed E-state index contributed by atoms with van der Waals surface area (Å²) in [6.45, 7) is 7.21. The number of carbonyl (C=O) groups is 7. The third kappa shape index (κ3) is 14.6. The largest absolute Gasteiger partial charge is 0.379 e. The molecule has 0 unspecified atom stereocenters. The number of nitrogens with one attached hydrogen (secondary N) is 4. The highest BCUT2D eigenvalue weighted by molar-refractivity contribution is 7.17. The fourth-order valence-corrected chi connectivity index (χ4v) is 8.41. The molecule has 3 aromatic rings. The van der Waals surface area contributed by atoms with Crippen molar-refractivity contribution < 1.29 is 43.0 Å². The van der Waals surface area contributed by atoms with Crippen LogP contribution in [0.4, 0.5) is 5.69 Å². The Labute approximate surface area is 367 Å². The summed E-state index contributed by atoms with van der Waals surface area (Å²) >= 11 is 1.54. The number of unbranched alkanes of at least 4 members (excludes halogenated alkanes) is 3. The Balaban J connectivity index is 0.852. The summed E-state index contributed by atoms with van der Waals surface area (Å²) in [5.74, 6) is -1.50. The van der Waals surface area contributed by atoms with Crippen LogP contribution in [0, 0.1) is 12.8 Å². The van der Waals surface area contributed by atoms with Crippen molar-refractivity contribution in [2.75, 3.05) is 64.1 Å². The number of amides is 7. The number of fused-ring (bicyclic) bond motifs is 1. The number of thiophene rings is 1. The second-order valence-electron chi connectivity index (χ2n) is 15.6. The van der Waals surface area contributed by atoms with Crippen molar-refractivity contribution in [3.63, 3.8) is 0 Å². The van der Waals surface area contributed by atoms with Gasteiger partial charge < -0.3 is 40.2 Å². The molecule has 62 heavy (non-hydrogen) atoms. The van der Waals surface area contributed by atoms with Crippen molar-refractivity contribution in [3.05, 3.63) is 65.2 Å². The molecule has 5 rings (SSSR count). The number of anilines is 1. The van der Waals surface area contributed by atoms with Gasteiger partial charge in [0.25, 0.3) is 17.7 Å². The lowest BCUT2D eigenvalue weighted by molar-refractivity contribution is -0.137. The maximum absolute atomic E-state index is 13.6. The number of aromatic nitrogens is 1. The van der Waals surface area contributed by atoms with Gasteiger partial charge in [0, 0.05) is 75.4 Å². The van der Waals surface area contributed by atoms with Crippen LogP contribution in [-0.4, -0.2) is 116 Å². The lowest BCUT2D eigenvalue weighted by Gasteiger charge is -2.28. The zero-order valence-corrected chi connectivity index (χ0v) is 36.7. The standard InChI is InChI=1S/C45H61N7O9S/c1-3-50(35-10-8-9-32(2)29-35)43(57)31-52-36-19-28-62-38(36)30-37(52)45(59)49-34-13-11-33(12-14-34)44(58)48-21-7-5-4-6-20-46-40(54)18-24-60-26-27-61-25-22-47-39(53)17-23-51-41(55)15-16-42(51)56/h8-10,15-16,19,28-30,33-34H,3-7,11-14,17-18,20-27,31H2,1-2H3,(H,46,54)(H,47,53)(H,48,58)(H,49,59). The second-order valence-corrected chi connectivity index (χ2v) is 16.5. The number of ether oxygens (including phenoxy) is 2. The molecule has 3 heterocycles. The number of rotatable bonds is 26. The molecule has 2 aromatic heterocycles. The Kier molecular flexibility index (Phi) is 19.1. The van der Waals surface area contributed by atoms with Crippen molar-refractivity contribution in [2.24, 2.45) is 5.92 Å². The first-order valence-corrected chi connectivity index (χ1v) is 22.7. The van der Waals surface area contributed by atoms with Gasteiger partial charge in [-0.1, -0.05) is 25.0 Å². The maximum atomic E-state index is 13.6. The molecule has 7 amide bonds. The van der Waals surface area contributed by atoms with Crippen LogP contribution in [0.25, 0.3) is 10.2 Å². The van der Waals surface area contributed by atoms with E-state index in [2.05, 4.69) is 21.3 Å². The van der Waals surface area contributed by atoms with E-state index in [4.69, 9.17) is 9.47 Å². The predicted molar refractivity (Wildman–Crippen MR) is 236 cm³/mol. The molecule has 17 heteroatoms. The fraction of sp³-hybridized carbons (Fsp3) is 0.533. The first-order chi connectivity index (χ1) is 30.0. The number of benzene rings is 1. The molecule has 0 spiro atoms. The van der Waals surface area contributed by atoms with E-state index in [1.165, 1.54) is 12.2 Å². The molecule has 1 aromatic carbocycles. The van der Waals surface area contributed by atoms with Gasteiger partial charge >= 0.3 is 0 Å². The van der Waals surface area contributed by atoms with E-state index in [0.717, 1.165) is 52.1 Å². The Morgan fingerprint density at radius 1 is 0.790 bits per heavy atom. The van der Waals surface area contributed by atoms with Gasteiger partial charge in [0.1, 0.15) is 12.2 Å². The number of hydrogen-bond acceptors (Lipinski definition) is 10. The van der Waals surface area contributed by atoms with Crippen LogP contribution in [0.1, 0.15) is 87.2 Å². The molecule has 0 atom stereocenters. The highest BCUT2D eigenvalue weighted by Gasteiger charge is 2.29. The van der Waals surface area contributed by atoms with Gasteiger partial charge in [-0.15, -0.1) is 11.3 Å². The number of carbonyl (C=O) groups excluding carboxylic acids is 7. The van der Waals surface area contributed by atoms with Gasteiger partial charge in [-0.05, 0) is 87.6 Å². The van der Waals surface area contributed by atoms with Gasteiger partial charge in [0.05, 0.1) is 36.6 Å². The van der Waals surface area contributed by atoms with Crippen LogP contribution in [0.2, 0.25) is 0 Å². The van der Waals surface area contributed by atoms with Crippen LogP contribution >= 0.6 is 11.3 Å². The van der Waals surface area contributed by atoms with E-state index in [1.54, 1.807) is 16.2 Å². The molecule has 4 N–H and O–H groups in total. The summed E-state index contributed by atoms with van der Waals surface area (Å²) in [6, 6.07) is 11.6. The van der Waals surface area contributed by atoms with Crippen molar-refractivity contribution in [1.82, 2.24) is 30.7 Å². The van der Waals surface area contributed by atoms with E-state index in [1.807, 2.05) is 60.2 Å². The number of hydrogen-bond donors (Lipinski definition) is 4. The molecule has 0 bridgehead atoms. The average Bonchev–Trinajstić information content (AvgIpc) is 3.95. The van der Waals surface area contributed by atoms with E-state index in [-0.39, 0.29) is 80.6 Å². The topological polar surface area (TPSA) is 197 Å². The first kappa shape index (κ1) is 47.7.